The first kappa shape index (κ1) is 19.5. The predicted octanol–water partition coefficient (Wildman–Crippen LogP) is 4.99. The van der Waals surface area contributed by atoms with Gasteiger partial charge in [-0.25, -0.2) is 14.5 Å². The normalized spacial score (nSPS) is 43.0. The van der Waals surface area contributed by atoms with Gasteiger partial charge in [0.15, 0.2) is 11.3 Å². The van der Waals surface area contributed by atoms with Gasteiger partial charge in [0, 0.05) is 18.1 Å². The van der Waals surface area contributed by atoms with Crippen LogP contribution in [-0.4, -0.2) is 30.3 Å². The first-order valence-corrected chi connectivity index (χ1v) is 12.6. The fourth-order valence-corrected chi connectivity index (χ4v) is 8.97. The van der Waals surface area contributed by atoms with Crippen LogP contribution in [0.4, 0.5) is 0 Å². The van der Waals surface area contributed by atoms with Crippen molar-refractivity contribution in [1.82, 2.24) is 19.6 Å². The number of hydrogen-bond acceptors (Lipinski definition) is 4. The van der Waals surface area contributed by atoms with Crippen molar-refractivity contribution in [2.75, 3.05) is 0 Å². The summed E-state index contributed by atoms with van der Waals surface area (Å²) < 4.78 is 2.10. The Bertz CT molecular complexity index is 1250. The summed E-state index contributed by atoms with van der Waals surface area (Å²) in [6, 6.07) is 4.05. The minimum atomic E-state index is -0.495. The molecule has 3 fully saturated rings. The minimum Gasteiger partial charge on any atom is -0.390 e. The van der Waals surface area contributed by atoms with Crippen molar-refractivity contribution in [1.29, 1.82) is 0 Å². The number of fused-ring (bicyclic) bond motifs is 10. The number of rotatable bonds is 0. The zero-order valence-electron chi connectivity index (χ0n) is 19.5. The highest BCUT2D eigenvalue weighted by atomic mass is 16.3. The van der Waals surface area contributed by atoms with Gasteiger partial charge in [-0.1, -0.05) is 13.8 Å². The van der Waals surface area contributed by atoms with Crippen molar-refractivity contribution < 1.29 is 5.11 Å². The van der Waals surface area contributed by atoms with Gasteiger partial charge >= 0.3 is 0 Å². The maximum Gasteiger partial charge on any atom is 0.183 e. The molecule has 3 saturated carbocycles. The van der Waals surface area contributed by atoms with E-state index in [1.807, 2.05) is 12.3 Å². The summed E-state index contributed by atoms with van der Waals surface area (Å²) in [7, 11) is 0. The molecule has 0 spiro atoms. The molecule has 0 aromatic carbocycles. The van der Waals surface area contributed by atoms with Crippen molar-refractivity contribution in [2.24, 2.45) is 34.5 Å². The molecule has 5 nitrogen and oxygen atoms in total. The summed E-state index contributed by atoms with van der Waals surface area (Å²) >= 11 is 0. The highest BCUT2D eigenvalue weighted by molar-refractivity contribution is 5.89. The number of pyridine rings is 1. The Morgan fingerprint density at radius 2 is 1.88 bits per heavy atom. The molecular weight excluding hydrogens is 396 g/mol. The van der Waals surface area contributed by atoms with Gasteiger partial charge < -0.3 is 5.11 Å². The van der Waals surface area contributed by atoms with Gasteiger partial charge in [0.05, 0.1) is 11.0 Å². The van der Waals surface area contributed by atoms with Crippen LogP contribution in [-0.2, 0) is 12.8 Å². The molecular formula is C27H34N4O. The molecule has 1 N–H and O–H groups in total. The van der Waals surface area contributed by atoms with Gasteiger partial charge in [-0.15, -0.1) is 5.10 Å². The van der Waals surface area contributed by atoms with E-state index < -0.39 is 5.60 Å². The van der Waals surface area contributed by atoms with Gasteiger partial charge in [-0.05, 0) is 110 Å². The predicted molar refractivity (Wildman–Crippen MR) is 124 cm³/mol. The zero-order chi connectivity index (χ0) is 21.9. The molecule has 3 aromatic heterocycles. The first-order chi connectivity index (χ1) is 15.3. The molecule has 32 heavy (non-hydrogen) atoms. The van der Waals surface area contributed by atoms with E-state index in [0.29, 0.717) is 17.3 Å². The third-order valence-electron chi connectivity index (χ3n) is 11.0. The van der Waals surface area contributed by atoms with E-state index in [9.17, 15) is 5.11 Å². The lowest BCUT2D eigenvalue weighted by molar-refractivity contribution is -0.139. The Hall–Kier alpha value is -2.01. The van der Waals surface area contributed by atoms with Crippen LogP contribution in [0.5, 0.6) is 0 Å². The second-order valence-electron chi connectivity index (χ2n) is 12.1. The SMILES string of the molecule is CC12Cc3cnc4c5cccnc5nn4c3CC1CCC1C2CCC2(C)C1CCC2(C)O. The van der Waals surface area contributed by atoms with E-state index in [2.05, 4.69) is 42.5 Å². The van der Waals surface area contributed by atoms with Gasteiger partial charge in [-0.3, -0.25) is 0 Å². The summed E-state index contributed by atoms with van der Waals surface area (Å²) in [6.07, 6.45) is 13.4. The second-order valence-corrected chi connectivity index (χ2v) is 12.1. The molecule has 3 aromatic rings. The third kappa shape index (κ3) is 2.26. The second kappa shape index (κ2) is 6.11. The van der Waals surface area contributed by atoms with Gasteiger partial charge in [0.25, 0.3) is 0 Å². The lowest BCUT2D eigenvalue weighted by atomic mass is 9.44. The number of hydrogen-bond donors (Lipinski definition) is 1. The van der Waals surface area contributed by atoms with Crippen LogP contribution in [0.1, 0.15) is 70.6 Å². The number of aliphatic hydroxyl groups is 1. The topological polar surface area (TPSA) is 63.3 Å². The molecule has 0 saturated heterocycles. The molecule has 4 aliphatic rings. The standard InChI is InChI=1S/C27H34N4O/c1-25-14-16-15-29-24-19-5-4-12-28-23(19)30-31(24)22(16)13-17(25)6-7-18-20(25)8-10-26(2)21(18)9-11-27(26,3)32/h4-5,12,15,17-18,20-21,32H,6-11,13-14H2,1-3H3. The lowest BCUT2D eigenvalue weighted by Gasteiger charge is -2.61. The van der Waals surface area contributed by atoms with Crippen molar-refractivity contribution in [3.8, 4) is 0 Å². The Balaban J connectivity index is 1.29. The molecule has 4 aliphatic carbocycles. The van der Waals surface area contributed by atoms with E-state index in [-0.39, 0.29) is 5.41 Å². The Kier molecular flexibility index (Phi) is 3.71. The minimum absolute atomic E-state index is 0.0970. The maximum atomic E-state index is 11.2. The molecule has 0 radical (unpaired) electrons. The third-order valence-corrected chi connectivity index (χ3v) is 11.0. The summed E-state index contributed by atoms with van der Waals surface area (Å²) in [5.41, 5.74) is 4.42. The lowest BCUT2D eigenvalue weighted by Crippen LogP contribution is -2.56. The Morgan fingerprint density at radius 1 is 1.03 bits per heavy atom. The molecule has 168 valence electrons. The Labute approximate surface area is 189 Å². The van der Waals surface area contributed by atoms with Crippen LogP contribution in [0.25, 0.3) is 16.7 Å². The number of aromatic nitrogens is 4. The van der Waals surface area contributed by atoms with Gasteiger partial charge in [-0.2, -0.15) is 0 Å². The molecule has 0 aliphatic heterocycles. The Morgan fingerprint density at radius 3 is 2.75 bits per heavy atom. The van der Waals surface area contributed by atoms with Gasteiger partial charge in [0.1, 0.15) is 0 Å². The van der Waals surface area contributed by atoms with Crippen molar-refractivity contribution in [2.45, 2.75) is 77.7 Å². The summed E-state index contributed by atoms with van der Waals surface area (Å²) in [6.45, 7) is 7.08. The van der Waals surface area contributed by atoms with E-state index in [4.69, 9.17) is 10.1 Å². The fourth-order valence-electron chi connectivity index (χ4n) is 8.97. The van der Waals surface area contributed by atoms with Crippen LogP contribution >= 0.6 is 0 Å². The zero-order valence-corrected chi connectivity index (χ0v) is 19.5. The highest BCUT2D eigenvalue weighted by Crippen LogP contribution is 2.67. The van der Waals surface area contributed by atoms with E-state index in [1.165, 1.54) is 43.4 Å². The van der Waals surface area contributed by atoms with E-state index in [1.54, 1.807) is 0 Å². The molecule has 7 rings (SSSR count). The largest absolute Gasteiger partial charge is 0.390 e. The molecule has 3 heterocycles. The number of nitrogens with zero attached hydrogens (tertiary/aromatic N) is 4. The van der Waals surface area contributed by atoms with Crippen LogP contribution < -0.4 is 0 Å². The molecule has 7 atom stereocenters. The first-order valence-electron chi connectivity index (χ1n) is 12.6. The molecule has 7 unspecified atom stereocenters. The molecule has 0 bridgehead atoms. The summed E-state index contributed by atoms with van der Waals surface area (Å²) in [5.74, 6) is 2.90. The maximum absolute atomic E-state index is 11.2. The summed E-state index contributed by atoms with van der Waals surface area (Å²) in [4.78, 5) is 9.34. The van der Waals surface area contributed by atoms with E-state index >= 15 is 0 Å². The van der Waals surface area contributed by atoms with E-state index in [0.717, 1.165) is 47.8 Å². The van der Waals surface area contributed by atoms with Gasteiger partial charge in [0.2, 0.25) is 0 Å². The fraction of sp³-hybridized carbons (Fsp3) is 0.667. The average Bonchev–Trinajstić information content (AvgIpc) is 3.26. The van der Waals surface area contributed by atoms with Crippen molar-refractivity contribution in [3.05, 3.63) is 35.8 Å². The monoisotopic (exact) mass is 430 g/mol. The molecule has 0 amide bonds. The van der Waals surface area contributed by atoms with Crippen LogP contribution in [0.3, 0.4) is 0 Å². The highest BCUT2D eigenvalue weighted by Gasteiger charge is 2.63. The van der Waals surface area contributed by atoms with Crippen molar-refractivity contribution in [3.63, 3.8) is 0 Å². The smallest absolute Gasteiger partial charge is 0.183 e. The van der Waals surface area contributed by atoms with Crippen LogP contribution in [0.15, 0.2) is 24.5 Å². The quantitative estimate of drug-likeness (QED) is 0.546. The van der Waals surface area contributed by atoms with Crippen LogP contribution in [0.2, 0.25) is 0 Å². The summed E-state index contributed by atoms with van der Waals surface area (Å²) in [5, 5.41) is 17.1. The average molecular weight is 431 g/mol. The van der Waals surface area contributed by atoms with Crippen LogP contribution in [0, 0.1) is 34.5 Å². The molecule has 5 heteroatoms. The van der Waals surface area contributed by atoms with Crippen molar-refractivity contribution >= 4 is 16.7 Å².